The Morgan fingerprint density at radius 2 is 1.12 bits per heavy atom. The molecule has 0 fully saturated rings. The van der Waals surface area contributed by atoms with Gasteiger partial charge in [-0.3, -0.25) is 0 Å². The van der Waals surface area contributed by atoms with Gasteiger partial charge < -0.3 is 5.11 Å². The van der Waals surface area contributed by atoms with Gasteiger partial charge in [0, 0.05) is 5.39 Å². The molecule has 2 heteroatoms. The van der Waals surface area contributed by atoms with Crippen molar-refractivity contribution in [3.05, 3.63) is 77.8 Å². The van der Waals surface area contributed by atoms with E-state index in [0.717, 1.165) is 16.2 Å². The SMILES string of the molecule is C.Oc1cc(Cl)c2ccc3c(ccc4c5ccccc5ccc43)c2c1. The maximum atomic E-state index is 9.94. The fraction of sp³-hybridized carbons (Fsp3) is 0.0435. The summed E-state index contributed by atoms with van der Waals surface area (Å²) in [5, 5.41) is 19.7. The molecular weight excluding hydrogens is 328 g/mol. The molecular formula is C23H17ClO. The van der Waals surface area contributed by atoms with Crippen molar-refractivity contribution in [3.63, 3.8) is 0 Å². The molecule has 0 saturated carbocycles. The number of benzene rings is 5. The Labute approximate surface area is 151 Å². The maximum absolute atomic E-state index is 9.94. The Hall–Kier alpha value is -2.77. The van der Waals surface area contributed by atoms with Gasteiger partial charge in [-0.05, 0) is 49.8 Å². The first-order valence-electron chi connectivity index (χ1n) is 7.88. The number of rotatable bonds is 0. The standard InChI is InChI=1S/C22H13ClO.CH4/c23-22-12-14(24)11-21-19-8-7-16-15-4-2-1-3-13(15)5-6-17(16)18(19)9-10-20(21)22;/h1-12,24H;1H4. The van der Waals surface area contributed by atoms with E-state index in [0.29, 0.717) is 5.02 Å². The highest BCUT2D eigenvalue weighted by molar-refractivity contribution is 6.37. The van der Waals surface area contributed by atoms with E-state index >= 15 is 0 Å². The van der Waals surface area contributed by atoms with Gasteiger partial charge in [-0.15, -0.1) is 0 Å². The van der Waals surface area contributed by atoms with Crippen molar-refractivity contribution in [1.82, 2.24) is 0 Å². The third-order valence-corrected chi connectivity index (χ3v) is 5.10. The smallest absolute Gasteiger partial charge is 0.117 e. The normalized spacial score (nSPS) is 11.2. The molecule has 0 unspecified atom stereocenters. The maximum Gasteiger partial charge on any atom is 0.117 e. The molecule has 0 bridgehead atoms. The van der Waals surface area contributed by atoms with Crippen molar-refractivity contribution in [2.75, 3.05) is 0 Å². The van der Waals surface area contributed by atoms with Crippen LogP contribution >= 0.6 is 11.6 Å². The number of halogens is 1. The van der Waals surface area contributed by atoms with Gasteiger partial charge in [0.25, 0.3) is 0 Å². The van der Waals surface area contributed by atoms with Gasteiger partial charge >= 0.3 is 0 Å². The summed E-state index contributed by atoms with van der Waals surface area (Å²) in [5.41, 5.74) is 0. The second kappa shape index (κ2) is 5.65. The second-order valence-electron chi connectivity index (χ2n) is 6.13. The number of hydrogen-bond donors (Lipinski definition) is 1. The van der Waals surface area contributed by atoms with E-state index in [2.05, 4.69) is 54.6 Å². The molecule has 5 rings (SSSR count). The van der Waals surface area contributed by atoms with Gasteiger partial charge in [0.05, 0.1) is 5.02 Å². The molecule has 0 aliphatic heterocycles. The minimum Gasteiger partial charge on any atom is -0.508 e. The average molecular weight is 345 g/mol. The van der Waals surface area contributed by atoms with Gasteiger partial charge in [-0.25, -0.2) is 0 Å². The summed E-state index contributed by atoms with van der Waals surface area (Å²) >= 11 is 6.30. The van der Waals surface area contributed by atoms with Crippen LogP contribution < -0.4 is 0 Å². The highest BCUT2D eigenvalue weighted by Crippen LogP contribution is 2.37. The van der Waals surface area contributed by atoms with Crippen LogP contribution in [0.1, 0.15) is 7.43 Å². The van der Waals surface area contributed by atoms with E-state index in [1.54, 1.807) is 12.1 Å². The lowest BCUT2D eigenvalue weighted by Crippen LogP contribution is -1.83. The van der Waals surface area contributed by atoms with E-state index in [-0.39, 0.29) is 13.2 Å². The Kier molecular flexibility index (Phi) is 3.55. The van der Waals surface area contributed by atoms with Crippen LogP contribution in [0, 0.1) is 0 Å². The van der Waals surface area contributed by atoms with Crippen LogP contribution in [0.25, 0.3) is 43.1 Å². The molecule has 0 amide bonds. The molecule has 0 atom stereocenters. The fourth-order valence-electron chi connectivity index (χ4n) is 3.69. The van der Waals surface area contributed by atoms with Crippen LogP contribution in [0.5, 0.6) is 5.75 Å². The van der Waals surface area contributed by atoms with E-state index < -0.39 is 0 Å². The first kappa shape index (κ1) is 15.7. The highest BCUT2D eigenvalue weighted by Gasteiger charge is 2.09. The third-order valence-electron chi connectivity index (χ3n) is 4.79. The number of fused-ring (bicyclic) bond motifs is 7. The molecule has 5 aromatic rings. The van der Waals surface area contributed by atoms with Gasteiger partial charge in [0.1, 0.15) is 5.75 Å². The van der Waals surface area contributed by atoms with Gasteiger partial charge in [-0.1, -0.05) is 79.7 Å². The number of hydrogen-bond acceptors (Lipinski definition) is 1. The van der Waals surface area contributed by atoms with Crippen LogP contribution in [0.3, 0.4) is 0 Å². The Bertz CT molecular complexity index is 1270. The molecule has 0 aromatic heterocycles. The molecule has 5 aromatic carbocycles. The lowest BCUT2D eigenvalue weighted by atomic mass is 9.94. The van der Waals surface area contributed by atoms with Gasteiger partial charge in [-0.2, -0.15) is 0 Å². The number of phenols is 1. The number of phenolic OH excluding ortho intramolecular Hbond substituents is 1. The number of aromatic hydroxyl groups is 1. The van der Waals surface area contributed by atoms with E-state index in [1.807, 2.05) is 6.07 Å². The largest absolute Gasteiger partial charge is 0.508 e. The van der Waals surface area contributed by atoms with E-state index in [4.69, 9.17) is 11.6 Å². The van der Waals surface area contributed by atoms with Crippen molar-refractivity contribution < 1.29 is 5.11 Å². The zero-order valence-electron chi connectivity index (χ0n) is 12.8. The molecule has 0 aliphatic carbocycles. The van der Waals surface area contributed by atoms with Crippen molar-refractivity contribution in [3.8, 4) is 5.75 Å². The topological polar surface area (TPSA) is 20.2 Å². The molecule has 0 heterocycles. The lowest BCUT2D eigenvalue weighted by Gasteiger charge is -2.11. The summed E-state index contributed by atoms with van der Waals surface area (Å²) in [5.74, 6) is 0.193. The summed E-state index contributed by atoms with van der Waals surface area (Å²) in [6.07, 6.45) is 0. The second-order valence-corrected chi connectivity index (χ2v) is 6.54. The van der Waals surface area contributed by atoms with Crippen molar-refractivity contribution in [2.24, 2.45) is 0 Å². The monoisotopic (exact) mass is 344 g/mol. The quantitative estimate of drug-likeness (QED) is 0.292. The predicted octanol–water partition coefficient (Wildman–Crippen LogP) is 7.29. The van der Waals surface area contributed by atoms with Crippen molar-refractivity contribution in [2.45, 2.75) is 7.43 Å². The summed E-state index contributed by atoms with van der Waals surface area (Å²) in [6.45, 7) is 0. The first-order valence-corrected chi connectivity index (χ1v) is 8.25. The van der Waals surface area contributed by atoms with E-state index in [9.17, 15) is 5.11 Å². The molecule has 0 saturated heterocycles. The summed E-state index contributed by atoms with van der Waals surface area (Å²) in [7, 11) is 0. The Morgan fingerprint density at radius 1 is 0.560 bits per heavy atom. The molecule has 122 valence electrons. The highest BCUT2D eigenvalue weighted by atomic mass is 35.5. The molecule has 25 heavy (non-hydrogen) atoms. The zero-order valence-corrected chi connectivity index (χ0v) is 13.5. The van der Waals surface area contributed by atoms with Crippen LogP contribution in [-0.4, -0.2) is 5.11 Å². The molecule has 0 radical (unpaired) electrons. The van der Waals surface area contributed by atoms with E-state index in [1.165, 1.54) is 26.9 Å². The average Bonchev–Trinajstić information content (AvgIpc) is 2.60. The lowest BCUT2D eigenvalue weighted by molar-refractivity contribution is 0.476. The van der Waals surface area contributed by atoms with Gasteiger partial charge in [0.15, 0.2) is 0 Å². The molecule has 1 nitrogen and oxygen atoms in total. The third kappa shape index (κ3) is 2.24. The Balaban J connectivity index is 0.00000157. The van der Waals surface area contributed by atoms with Crippen molar-refractivity contribution in [1.29, 1.82) is 0 Å². The van der Waals surface area contributed by atoms with Crippen LogP contribution in [-0.2, 0) is 0 Å². The molecule has 0 aliphatic rings. The summed E-state index contributed by atoms with van der Waals surface area (Å²) in [4.78, 5) is 0. The van der Waals surface area contributed by atoms with Crippen LogP contribution in [0.2, 0.25) is 5.02 Å². The predicted molar refractivity (Wildman–Crippen MR) is 110 cm³/mol. The summed E-state index contributed by atoms with van der Waals surface area (Å²) < 4.78 is 0. The molecule has 0 spiro atoms. The summed E-state index contributed by atoms with van der Waals surface area (Å²) in [6, 6.07) is 24.6. The van der Waals surface area contributed by atoms with Crippen LogP contribution in [0.4, 0.5) is 0 Å². The Morgan fingerprint density at radius 3 is 1.88 bits per heavy atom. The van der Waals surface area contributed by atoms with Gasteiger partial charge in [0.2, 0.25) is 0 Å². The van der Waals surface area contributed by atoms with Crippen molar-refractivity contribution >= 4 is 54.7 Å². The zero-order chi connectivity index (χ0) is 16.3. The minimum absolute atomic E-state index is 0. The fourth-order valence-corrected chi connectivity index (χ4v) is 3.96. The molecule has 1 N–H and O–H groups in total. The first-order chi connectivity index (χ1) is 11.7. The minimum atomic E-state index is 0. The van der Waals surface area contributed by atoms with Crippen LogP contribution in [0.15, 0.2) is 72.8 Å².